The van der Waals surface area contributed by atoms with Crippen molar-refractivity contribution >= 4 is 51.4 Å². The van der Waals surface area contributed by atoms with Crippen LogP contribution in [-0.2, 0) is 0 Å². The Bertz CT molecular complexity index is 39.2. The standard InChI is InChI=1S/C5H10.K.H/c1-4-5(2)3;;/h2,4H2,1,3H3;;. The van der Waals surface area contributed by atoms with Crippen LogP contribution in [0, 0.1) is 0 Å². The van der Waals surface area contributed by atoms with Gasteiger partial charge in [0, 0.05) is 0 Å². The molecule has 0 heterocycles. The van der Waals surface area contributed by atoms with Crippen molar-refractivity contribution in [3.05, 3.63) is 12.2 Å². The Morgan fingerprint density at radius 1 is 1.67 bits per heavy atom. The quantitative estimate of drug-likeness (QED) is 0.353. The van der Waals surface area contributed by atoms with E-state index in [1.165, 1.54) is 5.57 Å². The third-order valence-electron chi connectivity index (χ3n) is 0.604. The van der Waals surface area contributed by atoms with Crippen LogP contribution in [0.1, 0.15) is 20.3 Å². The number of allylic oxidation sites excluding steroid dienone is 1. The molecule has 0 saturated carbocycles. The molecule has 0 atom stereocenters. The minimum atomic E-state index is 0. The molecule has 0 rings (SSSR count). The van der Waals surface area contributed by atoms with Gasteiger partial charge in [-0.05, 0) is 13.3 Å². The van der Waals surface area contributed by atoms with Gasteiger partial charge in [-0.2, -0.15) is 0 Å². The molecule has 0 N–H and O–H groups in total. The van der Waals surface area contributed by atoms with E-state index in [0.29, 0.717) is 0 Å². The molecule has 6 heavy (non-hydrogen) atoms. The third kappa shape index (κ3) is 9.03. The van der Waals surface area contributed by atoms with Crippen LogP contribution in [0.2, 0.25) is 0 Å². The zero-order chi connectivity index (χ0) is 4.28. The van der Waals surface area contributed by atoms with E-state index in [4.69, 9.17) is 0 Å². The van der Waals surface area contributed by atoms with E-state index in [2.05, 4.69) is 13.5 Å². The van der Waals surface area contributed by atoms with Crippen LogP contribution >= 0.6 is 0 Å². The van der Waals surface area contributed by atoms with Crippen molar-refractivity contribution < 1.29 is 0 Å². The van der Waals surface area contributed by atoms with Gasteiger partial charge in [0.05, 0.1) is 0 Å². The first-order valence-electron chi connectivity index (χ1n) is 1.91. The Morgan fingerprint density at radius 3 is 1.83 bits per heavy atom. The molecule has 0 nitrogen and oxygen atoms in total. The van der Waals surface area contributed by atoms with Crippen LogP contribution in [0.25, 0.3) is 0 Å². The Labute approximate surface area is 82.4 Å². The van der Waals surface area contributed by atoms with Crippen LogP contribution in [0.4, 0.5) is 0 Å². The summed E-state index contributed by atoms with van der Waals surface area (Å²) in [7, 11) is 0. The van der Waals surface area contributed by atoms with Crippen LogP contribution in [0.3, 0.4) is 0 Å². The fourth-order valence-corrected chi connectivity index (χ4v) is 0. The van der Waals surface area contributed by atoms with Gasteiger partial charge in [0.2, 0.25) is 0 Å². The van der Waals surface area contributed by atoms with Crippen molar-refractivity contribution in [3.8, 4) is 0 Å². The molecule has 0 fully saturated rings. The van der Waals surface area contributed by atoms with Gasteiger partial charge in [0.1, 0.15) is 0 Å². The Balaban J connectivity index is 0. The van der Waals surface area contributed by atoms with Crippen LogP contribution in [-0.4, -0.2) is 51.4 Å². The SMILES string of the molecule is C=C(C)CC.[KH]. The van der Waals surface area contributed by atoms with Crippen LogP contribution < -0.4 is 0 Å². The molecule has 0 aromatic heterocycles. The fraction of sp³-hybridized carbons (Fsp3) is 0.600. The summed E-state index contributed by atoms with van der Waals surface area (Å²) in [6.45, 7) is 7.80. The van der Waals surface area contributed by atoms with Gasteiger partial charge < -0.3 is 0 Å². The van der Waals surface area contributed by atoms with E-state index in [1.54, 1.807) is 0 Å². The van der Waals surface area contributed by atoms with Gasteiger partial charge in [-0.15, -0.1) is 6.58 Å². The van der Waals surface area contributed by atoms with Crippen molar-refractivity contribution in [2.75, 3.05) is 0 Å². The second-order valence-electron chi connectivity index (χ2n) is 1.31. The summed E-state index contributed by atoms with van der Waals surface area (Å²) in [4.78, 5) is 0. The summed E-state index contributed by atoms with van der Waals surface area (Å²) >= 11 is 0. The normalized spacial score (nSPS) is 6.33. The van der Waals surface area contributed by atoms with E-state index >= 15 is 0 Å². The summed E-state index contributed by atoms with van der Waals surface area (Å²) in [6.07, 6.45) is 1.11. The first kappa shape index (κ1) is 10.4. The first-order valence-corrected chi connectivity index (χ1v) is 1.91. The monoisotopic (exact) mass is 110 g/mol. The Hall–Kier alpha value is 1.38. The zero-order valence-electron chi connectivity index (χ0n) is 3.91. The van der Waals surface area contributed by atoms with Gasteiger partial charge in [0.25, 0.3) is 0 Å². The van der Waals surface area contributed by atoms with Crippen molar-refractivity contribution in [1.82, 2.24) is 0 Å². The van der Waals surface area contributed by atoms with E-state index in [-0.39, 0.29) is 51.4 Å². The molecule has 32 valence electrons. The molecule has 0 aliphatic heterocycles. The molecule has 0 aliphatic carbocycles. The molecule has 0 spiro atoms. The van der Waals surface area contributed by atoms with Crippen molar-refractivity contribution in [2.45, 2.75) is 20.3 Å². The zero-order valence-corrected chi connectivity index (χ0v) is 3.91. The third-order valence-corrected chi connectivity index (χ3v) is 0.604. The minimum absolute atomic E-state index is 0. The van der Waals surface area contributed by atoms with Gasteiger partial charge in [0.15, 0.2) is 0 Å². The predicted molar refractivity (Wildman–Crippen MR) is 32.3 cm³/mol. The average molecular weight is 110 g/mol. The summed E-state index contributed by atoms with van der Waals surface area (Å²) in [6, 6.07) is 0. The molecule has 0 amide bonds. The number of hydrogen-bond acceptors (Lipinski definition) is 0. The van der Waals surface area contributed by atoms with E-state index in [9.17, 15) is 0 Å². The molecule has 1 heteroatoms. The van der Waals surface area contributed by atoms with E-state index in [1.807, 2.05) is 6.92 Å². The second kappa shape index (κ2) is 6.38. The van der Waals surface area contributed by atoms with Crippen LogP contribution in [0.5, 0.6) is 0 Å². The number of rotatable bonds is 1. The molecule has 0 aromatic rings. The molecule has 0 radical (unpaired) electrons. The molecule has 0 unspecified atom stereocenters. The molecular formula is C5H11K. The molecule has 0 aromatic carbocycles. The van der Waals surface area contributed by atoms with Crippen molar-refractivity contribution in [1.29, 1.82) is 0 Å². The summed E-state index contributed by atoms with van der Waals surface area (Å²) in [5.74, 6) is 0. The second-order valence-corrected chi connectivity index (χ2v) is 1.31. The average Bonchev–Trinajstić information content (AvgIpc) is 1.38. The molecular weight excluding hydrogens is 99.2 g/mol. The summed E-state index contributed by atoms with van der Waals surface area (Å²) in [5, 5.41) is 0. The van der Waals surface area contributed by atoms with Gasteiger partial charge in [-0.25, -0.2) is 0 Å². The number of hydrogen-bond donors (Lipinski definition) is 0. The molecule has 0 saturated heterocycles. The first-order chi connectivity index (χ1) is 2.27. The van der Waals surface area contributed by atoms with Gasteiger partial charge >= 0.3 is 51.4 Å². The molecule has 0 bridgehead atoms. The predicted octanol–water partition coefficient (Wildman–Crippen LogP) is 1.32. The maximum atomic E-state index is 3.67. The van der Waals surface area contributed by atoms with Crippen LogP contribution in [0.15, 0.2) is 12.2 Å². The van der Waals surface area contributed by atoms with Gasteiger partial charge in [-0.3, -0.25) is 0 Å². The summed E-state index contributed by atoms with van der Waals surface area (Å²) < 4.78 is 0. The van der Waals surface area contributed by atoms with E-state index in [0.717, 1.165) is 6.42 Å². The Morgan fingerprint density at radius 2 is 1.83 bits per heavy atom. The Kier molecular flexibility index (Phi) is 11.0. The topological polar surface area (TPSA) is 0 Å². The van der Waals surface area contributed by atoms with E-state index < -0.39 is 0 Å². The van der Waals surface area contributed by atoms with Gasteiger partial charge in [-0.1, -0.05) is 12.5 Å². The maximum absolute atomic E-state index is 3.67. The van der Waals surface area contributed by atoms with Crippen molar-refractivity contribution in [3.63, 3.8) is 0 Å². The molecule has 0 aliphatic rings. The van der Waals surface area contributed by atoms with Crippen molar-refractivity contribution in [2.24, 2.45) is 0 Å². The summed E-state index contributed by atoms with van der Waals surface area (Å²) in [5.41, 5.74) is 1.25. The fourth-order valence-electron chi connectivity index (χ4n) is 0.